The van der Waals surface area contributed by atoms with Gasteiger partial charge in [-0.05, 0) is 19.8 Å². The maximum absolute atomic E-state index is 12.7. The molecule has 8 heteroatoms. The zero-order chi connectivity index (χ0) is 16.4. The molecule has 24 heavy (non-hydrogen) atoms. The van der Waals surface area contributed by atoms with Crippen molar-refractivity contribution >= 4 is 30.1 Å². The largest absolute Gasteiger partial charge is 0.342 e. The first-order valence-corrected chi connectivity index (χ1v) is 8.67. The second-order valence-corrected chi connectivity index (χ2v) is 6.68. The lowest BCUT2D eigenvalue weighted by Gasteiger charge is -2.41. The van der Waals surface area contributed by atoms with Crippen LogP contribution in [0.15, 0.2) is 0 Å². The highest BCUT2D eigenvalue weighted by Crippen LogP contribution is 2.23. The third-order valence-corrected chi connectivity index (χ3v) is 5.22. The molecule has 3 amide bonds. The Morgan fingerprint density at radius 1 is 1.21 bits per heavy atom. The summed E-state index contributed by atoms with van der Waals surface area (Å²) in [6.07, 6.45) is 2.21. The van der Waals surface area contributed by atoms with Gasteiger partial charge in [0.05, 0.1) is 12.5 Å². The molecular formula is C16H27ClN4O3. The maximum atomic E-state index is 12.7. The van der Waals surface area contributed by atoms with Crippen LogP contribution in [0.2, 0.25) is 0 Å². The van der Waals surface area contributed by atoms with Crippen LogP contribution in [0.1, 0.15) is 26.2 Å². The van der Waals surface area contributed by atoms with Crippen LogP contribution in [0.3, 0.4) is 0 Å². The molecule has 136 valence electrons. The Hall–Kier alpha value is -1.34. The molecule has 0 aromatic rings. The maximum Gasteiger partial charge on any atom is 0.236 e. The summed E-state index contributed by atoms with van der Waals surface area (Å²) in [6.45, 7) is 6.44. The van der Waals surface area contributed by atoms with Crippen LogP contribution in [0.4, 0.5) is 0 Å². The molecule has 3 heterocycles. The number of hydrogen-bond acceptors (Lipinski definition) is 4. The molecule has 3 rings (SSSR count). The van der Waals surface area contributed by atoms with Crippen molar-refractivity contribution in [2.24, 2.45) is 5.92 Å². The van der Waals surface area contributed by atoms with Gasteiger partial charge < -0.3 is 20.0 Å². The van der Waals surface area contributed by atoms with Crippen molar-refractivity contribution in [1.29, 1.82) is 0 Å². The molecule has 2 atom stereocenters. The number of piperidine rings is 1. The molecular weight excluding hydrogens is 332 g/mol. The number of halogens is 1. The monoisotopic (exact) mass is 358 g/mol. The van der Waals surface area contributed by atoms with E-state index in [0.717, 1.165) is 32.5 Å². The van der Waals surface area contributed by atoms with E-state index in [-0.39, 0.29) is 42.1 Å². The SMILES string of the molecule is CCN1CC(C(=O)N2CCCC(N3CCNCC3=O)C2)CC1=O.Cl. The molecule has 0 radical (unpaired) electrons. The molecule has 3 aliphatic rings. The molecule has 0 aromatic carbocycles. The molecule has 0 aliphatic carbocycles. The fourth-order valence-electron chi connectivity index (χ4n) is 3.92. The summed E-state index contributed by atoms with van der Waals surface area (Å²) < 4.78 is 0. The average molecular weight is 359 g/mol. The summed E-state index contributed by atoms with van der Waals surface area (Å²) in [6, 6.07) is 0.127. The molecule has 2 unspecified atom stereocenters. The number of nitrogens with one attached hydrogen (secondary N) is 1. The quantitative estimate of drug-likeness (QED) is 0.751. The van der Waals surface area contributed by atoms with Gasteiger partial charge in [-0.25, -0.2) is 0 Å². The van der Waals surface area contributed by atoms with E-state index < -0.39 is 0 Å². The van der Waals surface area contributed by atoms with Crippen LogP contribution in [0.5, 0.6) is 0 Å². The third kappa shape index (κ3) is 3.83. The van der Waals surface area contributed by atoms with Gasteiger partial charge >= 0.3 is 0 Å². The lowest BCUT2D eigenvalue weighted by molar-refractivity contribution is -0.142. The van der Waals surface area contributed by atoms with Crippen molar-refractivity contribution in [3.05, 3.63) is 0 Å². The number of carbonyl (C=O) groups is 3. The highest BCUT2D eigenvalue weighted by atomic mass is 35.5. The molecule has 3 aliphatic heterocycles. The lowest BCUT2D eigenvalue weighted by Crippen LogP contribution is -2.58. The number of hydrogen-bond donors (Lipinski definition) is 1. The van der Waals surface area contributed by atoms with Crippen molar-refractivity contribution in [2.45, 2.75) is 32.2 Å². The number of piperazine rings is 1. The Labute approximate surface area is 149 Å². The first kappa shape index (κ1) is 19.0. The molecule has 3 fully saturated rings. The van der Waals surface area contributed by atoms with Crippen molar-refractivity contribution in [1.82, 2.24) is 20.0 Å². The molecule has 0 bridgehead atoms. The summed E-state index contributed by atoms with van der Waals surface area (Å²) in [4.78, 5) is 42.2. The molecule has 0 spiro atoms. The van der Waals surface area contributed by atoms with E-state index in [9.17, 15) is 14.4 Å². The number of carbonyl (C=O) groups excluding carboxylic acids is 3. The topological polar surface area (TPSA) is 73.0 Å². The summed E-state index contributed by atoms with van der Waals surface area (Å²) in [5.74, 6) is 0.0851. The third-order valence-electron chi connectivity index (χ3n) is 5.22. The predicted molar refractivity (Wildman–Crippen MR) is 91.8 cm³/mol. The standard InChI is InChI=1S/C16H26N4O3.ClH/c1-2-18-10-12(8-14(18)21)16(23)19-6-3-4-13(11-19)20-7-5-17-9-15(20)22;/h12-13,17H,2-11H2,1H3;1H. The van der Waals surface area contributed by atoms with E-state index in [0.29, 0.717) is 32.6 Å². The van der Waals surface area contributed by atoms with Gasteiger partial charge in [-0.1, -0.05) is 0 Å². The second kappa shape index (κ2) is 8.16. The fraction of sp³-hybridized carbons (Fsp3) is 0.812. The van der Waals surface area contributed by atoms with Crippen molar-refractivity contribution in [3.8, 4) is 0 Å². The number of nitrogens with zero attached hydrogens (tertiary/aromatic N) is 3. The average Bonchev–Trinajstić information content (AvgIpc) is 2.95. The highest BCUT2D eigenvalue weighted by Gasteiger charge is 2.38. The molecule has 0 saturated carbocycles. The Morgan fingerprint density at radius 2 is 2.00 bits per heavy atom. The zero-order valence-corrected chi connectivity index (χ0v) is 15.0. The van der Waals surface area contributed by atoms with E-state index in [2.05, 4.69) is 5.32 Å². The van der Waals surface area contributed by atoms with Gasteiger partial charge in [-0.3, -0.25) is 14.4 Å². The van der Waals surface area contributed by atoms with Gasteiger partial charge in [0.15, 0.2) is 0 Å². The van der Waals surface area contributed by atoms with E-state index in [1.165, 1.54) is 0 Å². The van der Waals surface area contributed by atoms with E-state index in [1.54, 1.807) is 4.90 Å². The molecule has 7 nitrogen and oxygen atoms in total. The van der Waals surface area contributed by atoms with Crippen LogP contribution in [0, 0.1) is 5.92 Å². The van der Waals surface area contributed by atoms with E-state index >= 15 is 0 Å². The summed E-state index contributed by atoms with van der Waals surface area (Å²) in [5.41, 5.74) is 0. The summed E-state index contributed by atoms with van der Waals surface area (Å²) in [7, 11) is 0. The Balaban J connectivity index is 0.00000208. The van der Waals surface area contributed by atoms with Gasteiger partial charge in [0, 0.05) is 51.7 Å². The number of likely N-dealkylation sites (tertiary alicyclic amines) is 2. The fourth-order valence-corrected chi connectivity index (χ4v) is 3.92. The normalized spacial score (nSPS) is 28.1. The Bertz CT molecular complexity index is 502. The van der Waals surface area contributed by atoms with Crippen molar-refractivity contribution in [3.63, 3.8) is 0 Å². The highest BCUT2D eigenvalue weighted by molar-refractivity contribution is 5.89. The van der Waals surface area contributed by atoms with Crippen LogP contribution in [0.25, 0.3) is 0 Å². The zero-order valence-electron chi connectivity index (χ0n) is 14.2. The van der Waals surface area contributed by atoms with Gasteiger partial charge in [-0.15, -0.1) is 12.4 Å². The van der Waals surface area contributed by atoms with Crippen LogP contribution in [-0.2, 0) is 14.4 Å². The molecule has 0 aromatic heterocycles. The Morgan fingerprint density at radius 3 is 2.67 bits per heavy atom. The van der Waals surface area contributed by atoms with Crippen molar-refractivity contribution in [2.75, 3.05) is 45.8 Å². The minimum Gasteiger partial charge on any atom is -0.342 e. The second-order valence-electron chi connectivity index (χ2n) is 6.68. The number of amides is 3. The first-order valence-electron chi connectivity index (χ1n) is 8.67. The summed E-state index contributed by atoms with van der Waals surface area (Å²) in [5, 5.41) is 3.08. The van der Waals surface area contributed by atoms with Crippen LogP contribution < -0.4 is 5.32 Å². The molecule has 1 N–H and O–H groups in total. The first-order chi connectivity index (χ1) is 11.1. The van der Waals surface area contributed by atoms with Gasteiger partial charge in [-0.2, -0.15) is 0 Å². The lowest BCUT2D eigenvalue weighted by atomic mass is 10.00. The van der Waals surface area contributed by atoms with Gasteiger partial charge in [0.1, 0.15) is 0 Å². The molecule has 3 saturated heterocycles. The predicted octanol–water partition coefficient (Wildman–Crippen LogP) is -0.301. The minimum atomic E-state index is -0.208. The Kier molecular flexibility index (Phi) is 6.46. The summed E-state index contributed by atoms with van der Waals surface area (Å²) >= 11 is 0. The van der Waals surface area contributed by atoms with Crippen LogP contribution >= 0.6 is 12.4 Å². The smallest absolute Gasteiger partial charge is 0.236 e. The van der Waals surface area contributed by atoms with Gasteiger partial charge in [0.2, 0.25) is 17.7 Å². The van der Waals surface area contributed by atoms with E-state index in [4.69, 9.17) is 0 Å². The minimum absolute atomic E-state index is 0. The van der Waals surface area contributed by atoms with Crippen LogP contribution in [-0.4, -0.2) is 84.3 Å². The van der Waals surface area contributed by atoms with E-state index in [1.807, 2.05) is 16.7 Å². The number of rotatable bonds is 3. The van der Waals surface area contributed by atoms with Gasteiger partial charge in [0.25, 0.3) is 0 Å². The van der Waals surface area contributed by atoms with Crippen molar-refractivity contribution < 1.29 is 14.4 Å².